The lowest BCUT2D eigenvalue weighted by molar-refractivity contribution is -0.384. The van der Waals surface area contributed by atoms with E-state index < -0.39 is 4.92 Å². The Balaban J connectivity index is 1.43. The van der Waals surface area contributed by atoms with Gasteiger partial charge in [0.2, 0.25) is 0 Å². The van der Waals surface area contributed by atoms with Crippen LogP contribution in [0.3, 0.4) is 0 Å². The largest absolute Gasteiger partial charge is 0.357 e. The molecule has 1 aliphatic rings. The summed E-state index contributed by atoms with van der Waals surface area (Å²) in [5.41, 5.74) is 3.16. The fourth-order valence-corrected chi connectivity index (χ4v) is 5.28. The van der Waals surface area contributed by atoms with Crippen LogP contribution in [0, 0.1) is 10.1 Å². The highest BCUT2D eigenvalue weighted by atomic mass is 32.2. The van der Waals surface area contributed by atoms with Crippen LogP contribution in [-0.2, 0) is 7.05 Å². The standard InChI is InChI=1S/C25H21N5O2S2/c1-28-15-13-17(16-28)24-23(22-4-2-3-14-26-22)27-25(33)29(24)18-5-9-20(10-6-18)34-21-11-7-19(8-12-21)30(31)32/h2-16,23-24H,1H3,(H,27,33). The summed E-state index contributed by atoms with van der Waals surface area (Å²) in [6, 6.07) is 22.7. The Morgan fingerprint density at radius 1 is 1.03 bits per heavy atom. The van der Waals surface area contributed by atoms with E-state index in [0.29, 0.717) is 5.11 Å². The van der Waals surface area contributed by atoms with Crippen molar-refractivity contribution in [2.45, 2.75) is 21.9 Å². The lowest BCUT2D eigenvalue weighted by Gasteiger charge is -2.27. The van der Waals surface area contributed by atoms with Gasteiger partial charge in [-0.2, -0.15) is 0 Å². The van der Waals surface area contributed by atoms with Crippen molar-refractivity contribution in [2.24, 2.45) is 7.05 Å². The minimum Gasteiger partial charge on any atom is -0.357 e. The van der Waals surface area contributed by atoms with Crippen molar-refractivity contribution < 1.29 is 4.92 Å². The van der Waals surface area contributed by atoms with Crippen LogP contribution in [0.1, 0.15) is 23.3 Å². The number of thiocarbonyl (C=S) groups is 1. The number of hydrogen-bond donors (Lipinski definition) is 1. The fourth-order valence-electron chi connectivity index (χ4n) is 4.12. The van der Waals surface area contributed by atoms with Crippen molar-refractivity contribution in [1.82, 2.24) is 14.9 Å². The van der Waals surface area contributed by atoms with Gasteiger partial charge in [-0.3, -0.25) is 15.1 Å². The Kier molecular flexibility index (Phi) is 6.04. The molecule has 7 nitrogen and oxygen atoms in total. The molecule has 0 spiro atoms. The Morgan fingerprint density at radius 3 is 2.32 bits per heavy atom. The van der Waals surface area contributed by atoms with Gasteiger partial charge in [0.25, 0.3) is 5.69 Å². The number of aryl methyl sites for hydroxylation is 1. The van der Waals surface area contributed by atoms with E-state index >= 15 is 0 Å². The molecule has 2 aromatic carbocycles. The first-order valence-corrected chi connectivity index (χ1v) is 11.9. The van der Waals surface area contributed by atoms with Crippen molar-refractivity contribution in [2.75, 3.05) is 4.90 Å². The van der Waals surface area contributed by atoms with E-state index in [-0.39, 0.29) is 17.8 Å². The van der Waals surface area contributed by atoms with Crippen LogP contribution in [-0.4, -0.2) is 19.6 Å². The maximum Gasteiger partial charge on any atom is 0.269 e. The van der Waals surface area contributed by atoms with Crippen molar-refractivity contribution in [3.05, 3.63) is 113 Å². The highest BCUT2D eigenvalue weighted by Crippen LogP contribution is 2.42. The second-order valence-electron chi connectivity index (χ2n) is 7.95. The van der Waals surface area contributed by atoms with Crippen LogP contribution < -0.4 is 10.2 Å². The molecule has 1 fully saturated rings. The molecule has 4 aromatic rings. The average Bonchev–Trinajstić information content (AvgIpc) is 3.43. The third-order valence-electron chi connectivity index (χ3n) is 5.69. The summed E-state index contributed by atoms with van der Waals surface area (Å²) in [6.07, 6.45) is 5.95. The molecule has 9 heteroatoms. The number of hydrogen-bond acceptors (Lipinski definition) is 5. The molecule has 3 heterocycles. The third-order valence-corrected chi connectivity index (χ3v) is 7.02. The average molecular weight is 488 g/mol. The summed E-state index contributed by atoms with van der Waals surface area (Å²) in [4.78, 5) is 19.2. The van der Waals surface area contributed by atoms with E-state index in [9.17, 15) is 10.1 Å². The minimum absolute atomic E-state index is 0.0447. The van der Waals surface area contributed by atoms with Gasteiger partial charge >= 0.3 is 0 Å². The molecular formula is C25H21N5O2S2. The minimum atomic E-state index is -0.391. The zero-order valence-electron chi connectivity index (χ0n) is 18.2. The number of benzene rings is 2. The van der Waals surface area contributed by atoms with Crippen molar-refractivity contribution in [3.8, 4) is 0 Å². The topological polar surface area (TPSA) is 76.2 Å². The lowest BCUT2D eigenvalue weighted by Crippen LogP contribution is -2.29. The van der Waals surface area contributed by atoms with Crippen LogP contribution in [0.2, 0.25) is 0 Å². The monoisotopic (exact) mass is 487 g/mol. The van der Waals surface area contributed by atoms with E-state index in [1.807, 2.05) is 48.1 Å². The Morgan fingerprint density at radius 2 is 1.74 bits per heavy atom. The van der Waals surface area contributed by atoms with Gasteiger partial charge < -0.3 is 14.8 Å². The highest BCUT2D eigenvalue weighted by Gasteiger charge is 2.40. The van der Waals surface area contributed by atoms with Crippen LogP contribution >= 0.6 is 24.0 Å². The summed E-state index contributed by atoms with van der Waals surface area (Å²) in [5.74, 6) is 0. The predicted octanol–water partition coefficient (Wildman–Crippen LogP) is 5.66. The van der Waals surface area contributed by atoms with Crippen LogP contribution in [0.4, 0.5) is 11.4 Å². The van der Waals surface area contributed by atoms with E-state index in [4.69, 9.17) is 12.2 Å². The Labute approximate surface area is 206 Å². The number of pyridine rings is 1. The van der Waals surface area contributed by atoms with E-state index in [1.54, 1.807) is 30.1 Å². The number of nitro benzene ring substituents is 1. The summed E-state index contributed by atoms with van der Waals surface area (Å²) >= 11 is 7.33. The molecule has 34 heavy (non-hydrogen) atoms. The van der Waals surface area contributed by atoms with E-state index in [0.717, 1.165) is 26.7 Å². The number of non-ortho nitro benzene ring substituents is 1. The summed E-state index contributed by atoms with van der Waals surface area (Å²) in [5, 5.41) is 15.0. The molecule has 2 aromatic heterocycles. The fraction of sp³-hybridized carbons (Fsp3) is 0.120. The van der Waals surface area contributed by atoms with Gasteiger partial charge in [0.15, 0.2) is 5.11 Å². The Hall–Kier alpha value is -3.69. The Bertz CT molecular complexity index is 1320. The number of aromatic nitrogens is 2. The van der Waals surface area contributed by atoms with Crippen molar-refractivity contribution in [3.63, 3.8) is 0 Å². The maximum atomic E-state index is 10.9. The number of anilines is 1. The predicted molar refractivity (Wildman–Crippen MR) is 137 cm³/mol. The summed E-state index contributed by atoms with van der Waals surface area (Å²) in [6.45, 7) is 0. The first-order chi connectivity index (χ1) is 16.5. The molecule has 170 valence electrons. The molecule has 0 saturated carbocycles. The lowest BCUT2D eigenvalue weighted by atomic mass is 9.98. The molecule has 0 radical (unpaired) electrons. The van der Waals surface area contributed by atoms with Gasteiger partial charge in [-0.1, -0.05) is 17.8 Å². The number of nitrogens with zero attached hydrogens (tertiary/aromatic N) is 4. The second kappa shape index (κ2) is 9.28. The SMILES string of the molecule is Cn1ccc(C2C(c3ccccn3)NC(=S)N2c2ccc(Sc3ccc([N+](=O)[O-])cc3)cc2)c1. The van der Waals surface area contributed by atoms with Gasteiger partial charge in [0.1, 0.15) is 0 Å². The maximum absolute atomic E-state index is 10.9. The molecule has 0 amide bonds. The highest BCUT2D eigenvalue weighted by molar-refractivity contribution is 7.99. The molecule has 0 aliphatic carbocycles. The quantitative estimate of drug-likeness (QED) is 0.214. The van der Waals surface area contributed by atoms with Crippen LogP contribution in [0.15, 0.2) is 101 Å². The molecule has 1 N–H and O–H groups in total. The normalized spacial score (nSPS) is 17.6. The molecule has 2 unspecified atom stereocenters. The molecule has 0 bridgehead atoms. The third kappa shape index (κ3) is 4.40. The van der Waals surface area contributed by atoms with Gasteiger partial charge in [0, 0.05) is 53.2 Å². The molecule has 1 saturated heterocycles. The number of nitro groups is 1. The molecule has 2 atom stereocenters. The van der Waals surface area contributed by atoms with Gasteiger partial charge in [-0.25, -0.2) is 0 Å². The van der Waals surface area contributed by atoms with Gasteiger partial charge in [0.05, 0.1) is 22.7 Å². The second-order valence-corrected chi connectivity index (χ2v) is 9.49. The molecular weight excluding hydrogens is 466 g/mol. The zero-order chi connectivity index (χ0) is 23.7. The van der Waals surface area contributed by atoms with Crippen LogP contribution in [0.25, 0.3) is 0 Å². The molecule has 5 rings (SSSR count). The van der Waals surface area contributed by atoms with Gasteiger partial charge in [-0.15, -0.1) is 0 Å². The zero-order valence-corrected chi connectivity index (χ0v) is 19.9. The first kappa shape index (κ1) is 22.1. The number of nitrogens with one attached hydrogen (secondary N) is 1. The van der Waals surface area contributed by atoms with E-state index in [2.05, 4.69) is 39.6 Å². The van der Waals surface area contributed by atoms with Gasteiger partial charge in [-0.05, 0) is 72.4 Å². The van der Waals surface area contributed by atoms with E-state index in [1.165, 1.54) is 12.1 Å². The smallest absolute Gasteiger partial charge is 0.269 e. The first-order valence-electron chi connectivity index (χ1n) is 10.6. The number of rotatable bonds is 6. The summed E-state index contributed by atoms with van der Waals surface area (Å²) < 4.78 is 2.04. The molecule has 1 aliphatic heterocycles. The van der Waals surface area contributed by atoms with Crippen LogP contribution in [0.5, 0.6) is 0 Å². The van der Waals surface area contributed by atoms with Crippen molar-refractivity contribution in [1.29, 1.82) is 0 Å². The van der Waals surface area contributed by atoms with Crippen molar-refractivity contribution >= 4 is 40.5 Å². The summed E-state index contributed by atoms with van der Waals surface area (Å²) in [7, 11) is 2.01.